The van der Waals surface area contributed by atoms with Crippen LogP contribution in [0.15, 0.2) is 36.4 Å². The molecule has 1 fully saturated rings. The van der Waals surface area contributed by atoms with E-state index < -0.39 is 0 Å². The third kappa shape index (κ3) is 4.04. The smallest absolute Gasteiger partial charge is 0.123 e. The standard InChI is InChI=1S/C27H38O2/c1-25(2,3)19-13-11-15-21(23(19)28)27(17-9-7-8-10-18-27)22-16-12-14-20(24(22)29)26(4,5)6/h11-16,28-29H,7-10,17-18H2,1-6H3. The minimum atomic E-state index is -0.354. The largest absolute Gasteiger partial charge is 0.507 e. The van der Waals surface area contributed by atoms with Gasteiger partial charge in [0.05, 0.1) is 0 Å². The van der Waals surface area contributed by atoms with Crippen molar-refractivity contribution in [3.8, 4) is 11.5 Å². The van der Waals surface area contributed by atoms with Gasteiger partial charge < -0.3 is 10.2 Å². The molecule has 0 aromatic heterocycles. The second kappa shape index (κ2) is 7.70. The highest BCUT2D eigenvalue weighted by atomic mass is 16.3. The van der Waals surface area contributed by atoms with Gasteiger partial charge in [0.1, 0.15) is 11.5 Å². The van der Waals surface area contributed by atoms with Crippen molar-refractivity contribution in [1.82, 2.24) is 0 Å². The highest BCUT2D eigenvalue weighted by molar-refractivity contribution is 5.57. The maximum atomic E-state index is 11.4. The molecule has 0 amide bonds. The molecule has 0 aliphatic heterocycles. The summed E-state index contributed by atoms with van der Waals surface area (Å²) in [6.07, 6.45) is 6.55. The summed E-state index contributed by atoms with van der Waals surface area (Å²) in [4.78, 5) is 0. The van der Waals surface area contributed by atoms with Gasteiger partial charge in [-0.3, -0.25) is 0 Å². The van der Waals surface area contributed by atoms with E-state index >= 15 is 0 Å². The molecular weight excluding hydrogens is 356 g/mol. The van der Waals surface area contributed by atoms with Crippen molar-refractivity contribution in [3.63, 3.8) is 0 Å². The fourth-order valence-electron chi connectivity index (χ4n) is 5.09. The predicted molar refractivity (Wildman–Crippen MR) is 122 cm³/mol. The number of phenolic OH excluding ortho intramolecular Hbond substituents is 2. The highest BCUT2D eigenvalue weighted by Gasteiger charge is 2.41. The topological polar surface area (TPSA) is 40.5 Å². The fourth-order valence-corrected chi connectivity index (χ4v) is 5.09. The molecule has 0 unspecified atom stereocenters. The summed E-state index contributed by atoms with van der Waals surface area (Å²) in [5.74, 6) is 0.810. The van der Waals surface area contributed by atoms with Crippen molar-refractivity contribution in [2.75, 3.05) is 0 Å². The lowest BCUT2D eigenvalue weighted by Crippen LogP contribution is -2.29. The Bertz CT molecular complexity index is 792. The summed E-state index contributed by atoms with van der Waals surface area (Å²) in [6, 6.07) is 12.4. The molecule has 0 bridgehead atoms. The summed E-state index contributed by atoms with van der Waals surface area (Å²) in [6.45, 7) is 12.9. The van der Waals surface area contributed by atoms with Gasteiger partial charge in [0.15, 0.2) is 0 Å². The Morgan fingerprint density at radius 3 is 1.34 bits per heavy atom. The molecule has 2 aromatic carbocycles. The summed E-state index contributed by atoms with van der Waals surface area (Å²) in [5, 5.41) is 22.9. The van der Waals surface area contributed by atoms with Crippen LogP contribution in [0.1, 0.15) is 102 Å². The van der Waals surface area contributed by atoms with Crippen LogP contribution >= 0.6 is 0 Å². The Labute approximate surface area is 177 Å². The number of para-hydroxylation sites is 2. The van der Waals surface area contributed by atoms with Crippen molar-refractivity contribution in [2.24, 2.45) is 0 Å². The van der Waals surface area contributed by atoms with Crippen LogP contribution in [0.2, 0.25) is 0 Å². The first-order valence-electron chi connectivity index (χ1n) is 11.1. The van der Waals surface area contributed by atoms with Crippen LogP contribution in [0.5, 0.6) is 11.5 Å². The van der Waals surface area contributed by atoms with Crippen LogP contribution in [-0.4, -0.2) is 10.2 Å². The van der Waals surface area contributed by atoms with Crippen LogP contribution in [0.4, 0.5) is 0 Å². The average Bonchev–Trinajstić information content (AvgIpc) is 2.87. The zero-order valence-electron chi connectivity index (χ0n) is 19.1. The van der Waals surface area contributed by atoms with E-state index in [1.54, 1.807) is 0 Å². The van der Waals surface area contributed by atoms with Crippen molar-refractivity contribution in [1.29, 1.82) is 0 Å². The molecule has 0 spiro atoms. The molecule has 0 atom stereocenters. The van der Waals surface area contributed by atoms with E-state index in [0.29, 0.717) is 11.5 Å². The molecule has 0 heterocycles. The lowest BCUT2D eigenvalue weighted by Gasteiger charge is -2.38. The van der Waals surface area contributed by atoms with Crippen LogP contribution in [0.3, 0.4) is 0 Å². The molecule has 1 saturated carbocycles. The van der Waals surface area contributed by atoms with Gasteiger partial charge in [0, 0.05) is 16.5 Å². The highest BCUT2D eigenvalue weighted by Crippen LogP contribution is 2.52. The maximum absolute atomic E-state index is 11.4. The minimum Gasteiger partial charge on any atom is -0.507 e. The quantitative estimate of drug-likeness (QED) is 0.523. The van der Waals surface area contributed by atoms with Gasteiger partial charge in [-0.25, -0.2) is 0 Å². The van der Waals surface area contributed by atoms with E-state index in [9.17, 15) is 10.2 Å². The van der Waals surface area contributed by atoms with Crippen molar-refractivity contribution in [2.45, 2.75) is 96.3 Å². The summed E-state index contributed by atoms with van der Waals surface area (Å²) >= 11 is 0. The van der Waals surface area contributed by atoms with Crippen LogP contribution in [0, 0.1) is 0 Å². The number of hydrogen-bond acceptors (Lipinski definition) is 2. The van der Waals surface area contributed by atoms with Crippen LogP contribution < -0.4 is 0 Å². The lowest BCUT2D eigenvalue weighted by molar-refractivity contribution is 0.371. The van der Waals surface area contributed by atoms with Gasteiger partial charge in [-0.15, -0.1) is 0 Å². The van der Waals surface area contributed by atoms with E-state index in [0.717, 1.165) is 47.9 Å². The van der Waals surface area contributed by atoms with Crippen molar-refractivity contribution in [3.05, 3.63) is 58.7 Å². The average molecular weight is 395 g/mol. The molecule has 2 aromatic rings. The number of rotatable bonds is 2. The Morgan fingerprint density at radius 1 is 0.621 bits per heavy atom. The third-order valence-corrected chi connectivity index (χ3v) is 6.68. The predicted octanol–water partition coefficient (Wildman–Crippen LogP) is 7.33. The van der Waals surface area contributed by atoms with Gasteiger partial charge in [-0.1, -0.05) is 104 Å². The van der Waals surface area contributed by atoms with Gasteiger partial charge >= 0.3 is 0 Å². The van der Waals surface area contributed by atoms with E-state index in [4.69, 9.17) is 0 Å². The minimum absolute atomic E-state index is 0.138. The third-order valence-electron chi connectivity index (χ3n) is 6.68. The van der Waals surface area contributed by atoms with E-state index in [1.165, 1.54) is 12.8 Å². The normalized spacial score (nSPS) is 17.7. The first-order chi connectivity index (χ1) is 13.5. The molecule has 158 valence electrons. The summed E-state index contributed by atoms with van der Waals surface area (Å²) < 4.78 is 0. The fraction of sp³-hybridized carbons (Fsp3) is 0.556. The summed E-state index contributed by atoms with van der Waals surface area (Å²) in [7, 11) is 0. The van der Waals surface area contributed by atoms with Crippen molar-refractivity contribution >= 4 is 0 Å². The first kappa shape index (κ1) is 21.7. The molecular formula is C27H38O2. The molecule has 2 N–H and O–H groups in total. The van der Waals surface area contributed by atoms with Crippen molar-refractivity contribution < 1.29 is 10.2 Å². The molecule has 0 saturated heterocycles. The molecule has 0 radical (unpaired) electrons. The zero-order valence-corrected chi connectivity index (χ0v) is 19.1. The maximum Gasteiger partial charge on any atom is 0.123 e. The Hall–Kier alpha value is -1.96. The SMILES string of the molecule is CC(C)(C)c1cccc(C2(c3cccc(C(C)(C)C)c3O)CCCCCC2)c1O. The van der Waals surface area contributed by atoms with Gasteiger partial charge in [0.2, 0.25) is 0 Å². The molecule has 1 aliphatic carbocycles. The molecule has 29 heavy (non-hydrogen) atoms. The van der Waals surface area contributed by atoms with E-state index in [2.05, 4.69) is 65.8 Å². The first-order valence-corrected chi connectivity index (χ1v) is 11.1. The number of phenols is 2. The Morgan fingerprint density at radius 2 is 1.00 bits per heavy atom. The van der Waals surface area contributed by atoms with Gasteiger partial charge in [-0.2, -0.15) is 0 Å². The number of hydrogen-bond donors (Lipinski definition) is 2. The number of aromatic hydroxyl groups is 2. The second-order valence-electron chi connectivity index (χ2n) is 10.9. The molecule has 2 nitrogen and oxygen atoms in total. The van der Waals surface area contributed by atoms with Crippen LogP contribution in [0.25, 0.3) is 0 Å². The zero-order chi connectivity index (χ0) is 21.4. The van der Waals surface area contributed by atoms with Gasteiger partial charge in [0.25, 0.3) is 0 Å². The Balaban J connectivity index is 2.31. The lowest BCUT2D eigenvalue weighted by atomic mass is 9.66. The van der Waals surface area contributed by atoms with E-state index in [-0.39, 0.29) is 16.2 Å². The molecule has 2 heteroatoms. The van der Waals surface area contributed by atoms with Gasteiger partial charge in [-0.05, 0) is 34.8 Å². The molecule has 3 rings (SSSR count). The summed E-state index contributed by atoms with van der Waals surface area (Å²) in [5.41, 5.74) is 3.28. The number of benzene rings is 2. The van der Waals surface area contributed by atoms with E-state index in [1.807, 2.05) is 12.1 Å². The Kier molecular flexibility index (Phi) is 5.77. The second-order valence-corrected chi connectivity index (χ2v) is 10.9. The molecule has 1 aliphatic rings. The monoisotopic (exact) mass is 394 g/mol. The van der Waals surface area contributed by atoms with Crippen LogP contribution in [-0.2, 0) is 16.2 Å².